The molecule has 0 bridgehead atoms. The van der Waals surface area contributed by atoms with Crippen LogP contribution in [-0.2, 0) is 17.5 Å². The summed E-state index contributed by atoms with van der Waals surface area (Å²) in [6.45, 7) is 3.35. The molecule has 3 aromatic rings. The number of hydrogen-bond donors (Lipinski definition) is 1. The maximum atomic E-state index is 12.7. The second-order valence-corrected chi connectivity index (χ2v) is 7.96. The topological polar surface area (TPSA) is 72.3 Å². The van der Waals surface area contributed by atoms with Crippen LogP contribution in [0.4, 0.5) is 18.9 Å². The van der Waals surface area contributed by atoms with Gasteiger partial charge in [-0.3, -0.25) is 9.69 Å². The van der Waals surface area contributed by atoms with E-state index in [-0.39, 0.29) is 16.9 Å². The molecular formula is C22H21ClF3N5O2. The van der Waals surface area contributed by atoms with Crippen molar-refractivity contribution in [1.29, 1.82) is 0 Å². The van der Waals surface area contributed by atoms with Crippen LogP contribution in [0.25, 0.3) is 5.82 Å². The first-order valence-corrected chi connectivity index (χ1v) is 10.6. The normalized spacial score (nSPS) is 17.2. The second kappa shape index (κ2) is 9.90. The van der Waals surface area contributed by atoms with E-state index >= 15 is 0 Å². The molecule has 1 aliphatic heterocycles. The SMILES string of the molecule is O=c1c(Cl)c(NC[C@H]2CN(Cc3ccccc3)CCO2)cnn1-c1ccc(C(F)(F)F)cn1. The Morgan fingerprint density at radius 2 is 1.94 bits per heavy atom. The number of anilines is 1. The molecule has 1 saturated heterocycles. The highest BCUT2D eigenvalue weighted by atomic mass is 35.5. The molecule has 4 rings (SSSR count). The summed E-state index contributed by atoms with van der Waals surface area (Å²) in [6, 6.07) is 12.0. The zero-order chi connectivity index (χ0) is 23.4. The lowest BCUT2D eigenvalue weighted by Crippen LogP contribution is -2.44. The number of ether oxygens (including phenoxy) is 1. The third-order valence-electron chi connectivity index (χ3n) is 5.20. The van der Waals surface area contributed by atoms with Crippen molar-refractivity contribution in [2.24, 2.45) is 0 Å². The summed E-state index contributed by atoms with van der Waals surface area (Å²) in [7, 11) is 0. The zero-order valence-corrected chi connectivity index (χ0v) is 18.2. The Morgan fingerprint density at radius 1 is 1.15 bits per heavy atom. The van der Waals surface area contributed by atoms with Gasteiger partial charge in [0, 0.05) is 32.4 Å². The smallest absolute Gasteiger partial charge is 0.380 e. The molecule has 0 unspecified atom stereocenters. The van der Waals surface area contributed by atoms with Crippen LogP contribution in [0.5, 0.6) is 0 Å². The van der Waals surface area contributed by atoms with Crippen LogP contribution >= 0.6 is 11.6 Å². The van der Waals surface area contributed by atoms with Crippen LogP contribution in [0.3, 0.4) is 0 Å². The number of morpholine rings is 1. The highest BCUT2D eigenvalue weighted by Gasteiger charge is 2.31. The van der Waals surface area contributed by atoms with Crippen molar-refractivity contribution >= 4 is 17.3 Å². The first-order chi connectivity index (χ1) is 15.8. The number of aromatic nitrogens is 3. The molecule has 33 heavy (non-hydrogen) atoms. The van der Waals surface area contributed by atoms with Crippen molar-refractivity contribution in [2.45, 2.75) is 18.8 Å². The van der Waals surface area contributed by atoms with E-state index in [2.05, 4.69) is 32.4 Å². The molecule has 174 valence electrons. The van der Waals surface area contributed by atoms with E-state index in [0.29, 0.717) is 31.6 Å². The van der Waals surface area contributed by atoms with E-state index in [4.69, 9.17) is 16.3 Å². The molecule has 2 aromatic heterocycles. The predicted molar refractivity (Wildman–Crippen MR) is 118 cm³/mol. The molecule has 1 atom stereocenters. The Balaban J connectivity index is 1.40. The third-order valence-corrected chi connectivity index (χ3v) is 5.57. The maximum absolute atomic E-state index is 12.7. The van der Waals surface area contributed by atoms with Crippen LogP contribution in [0.2, 0.25) is 5.02 Å². The molecule has 0 saturated carbocycles. The van der Waals surface area contributed by atoms with E-state index in [0.717, 1.165) is 29.9 Å². The van der Waals surface area contributed by atoms with Crippen LogP contribution in [0.1, 0.15) is 11.1 Å². The number of nitrogens with zero attached hydrogens (tertiary/aromatic N) is 4. The van der Waals surface area contributed by atoms with Crippen molar-refractivity contribution in [3.05, 3.63) is 81.4 Å². The average molecular weight is 480 g/mol. The Morgan fingerprint density at radius 3 is 2.64 bits per heavy atom. The van der Waals surface area contributed by atoms with Crippen LogP contribution in [0.15, 0.2) is 59.7 Å². The minimum Gasteiger partial charge on any atom is -0.380 e. The van der Waals surface area contributed by atoms with Gasteiger partial charge < -0.3 is 10.1 Å². The number of alkyl halides is 3. The largest absolute Gasteiger partial charge is 0.417 e. The summed E-state index contributed by atoms with van der Waals surface area (Å²) in [5.74, 6) is -0.0615. The van der Waals surface area contributed by atoms with Crippen LogP contribution < -0.4 is 10.9 Å². The quantitative estimate of drug-likeness (QED) is 0.582. The summed E-state index contributed by atoms with van der Waals surface area (Å²) in [4.78, 5) is 18.6. The first kappa shape index (κ1) is 23.2. The Labute approximate surface area is 192 Å². The lowest BCUT2D eigenvalue weighted by molar-refractivity contribution is -0.137. The minimum atomic E-state index is -4.52. The molecule has 0 amide bonds. The molecule has 0 aliphatic carbocycles. The van der Waals surface area contributed by atoms with Crippen molar-refractivity contribution in [3.63, 3.8) is 0 Å². The van der Waals surface area contributed by atoms with E-state index in [9.17, 15) is 18.0 Å². The van der Waals surface area contributed by atoms with Gasteiger partial charge in [-0.15, -0.1) is 0 Å². The van der Waals surface area contributed by atoms with Gasteiger partial charge in [0.15, 0.2) is 5.82 Å². The van der Waals surface area contributed by atoms with Crippen molar-refractivity contribution in [2.75, 3.05) is 31.6 Å². The molecule has 3 heterocycles. The Hall–Kier alpha value is -2.95. The fourth-order valence-corrected chi connectivity index (χ4v) is 3.71. The first-order valence-electron chi connectivity index (χ1n) is 10.2. The fourth-order valence-electron chi connectivity index (χ4n) is 3.51. The molecule has 11 heteroatoms. The summed E-state index contributed by atoms with van der Waals surface area (Å²) >= 11 is 6.21. The Kier molecular flexibility index (Phi) is 6.96. The van der Waals surface area contributed by atoms with E-state index in [1.807, 2.05) is 18.2 Å². The van der Waals surface area contributed by atoms with Gasteiger partial charge in [0.25, 0.3) is 5.56 Å². The monoisotopic (exact) mass is 479 g/mol. The van der Waals surface area contributed by atoms with Crippen molar-refractivity contribution < 1.29 is 17.9 Å². The summed E-state index contributed by atoms with van der Waals surface area (Å²) in [6.07, 6.45) is -2.65. The van der Waals surface area contributed by atoms with Gasteiger partial charge >= 0.3 is 6.18 Å². The standard InChI is InChI=1S/C22H21ClF3N5O2/c23-20-18(12-29-31(21(20)32)19-7-6-16(10-28-19)22(24,25)26)27-11-17-14-30(8-9-33-17)13-15-4-2-1-3-5-15/h1-7,10,12,17,27H,8-9,11,13-14H2/t17-/m0/s1. The Bertz CT molecular complexity index is 1140. The van der Waals surface area contributed by atoms with Crippen LogP contribution in [0, 0.1) is 0 Å². The number of halogens is 4. The second-order valence-electron chi connectivity index (χ2n) is 7.59. The van der Waals surface area contributed by atoms with Gasteiger partial charge in [0.1, 0.15) is 5.02 Å². The predicted octanol–water partition coefficient (Wildman–Crippen LogP) is 3.61. The van der Waals surface area contributed by atoms with Crippen LogP contribution in [-0.4, -0.2) is 52.0 Å². The molecule has 1 fully saturated rings. The lowest BCUT2D eigenvalue weighted by atomic mass is 10.2. The highest BCUT2D eigenvalue weighted by molar-refractivity contribution is 6.32. The molecule has 1 N–H and O–H groups in total. The van der Waals surface area contributed by atoms with Gasteiger partial charge in [-0.2, -0.15) is 23.0 Å². The van der Waals surface area contributed by atoms with E-state index < -0.39 is 17.3 Å². The minimum absolute atomic E-state index is 0.0615. The van der Waals surface area contributed by atoms with Gasteiger partial charge in [-0.05, 0) is 17.7 Å². The lowest BCUT2D eigenvalue weighted by Gasteiger charge is -2.33. The van der Waals surface area contributed by atoms with Crippen molar-refractivity contribution in [3.8, 4) is 5.82 Å². The molecule has 1 aromatic carbocycles. The molecule has 0 spiro atoms. The van der Waals surface area contributed by atoms with Crippen molar-refractivity contribution in [1.82, 2.24) is 19.7 Å². The third kappa shape index (κ3) is 5.70. The van der Waals surface area contributed by atoms with Gasteiger partial charge in [0.05, 0.1) is 30.2 Å². The van der Waals surface area contributed by atoms with Gasteiger partial charge in [0.2, 0.25) is 0 Å². The summed E-state index contributed by atoms with van der Waals surface area (Å²) < 4.78 is 44.8. The molecule has 1 aliphatic rings. The number of hydrogen-bond acceptors (Lipinski definition) is 6. The number of nitrogens with one attached hydrogen (secondary N) is 1. The summed E-state index contributed by atoms with van der Waals surface area (Å²) in [5, 5.41) is 6.95. The average Bonchev–Trinajstić information content (AvgIpc) is 2.80. The van der Waals surface area contributed by atoms with Gasteiger partial charge in [-0.25, -0.2) is 4.98 Å². The number of benzene rings is 1. The summed E-state index contributed by atoms with van der Waals surface area (Å²) in [5.41, 5.74) is -0.0749. The van der Waals surface area contributed by atoms with E-state index in [1.165, 1.54) is 11.8 Å². The number of pyridine rings is 1. The molecule has 7 nitrogen and oxygen atoms in total. The van der Waals surface area contributed by atoms with Gasteiger partial charge in [-0.1, -0.05) is 41.9 Å². The number of rotatable bonds is 6. The zero-order valence-electron chi connectivity index (χ0n) is 17.4. The maximum Gasteiger partial charge on any atom is 0.417 e. The van der Waals surface area contributed by atoms with E-state index in [1.54, 1.807) is 0 Å². The fraction of sp³-hybridized carbons (Fsp3) is 0.318. The molecule has 0 radical (unpaired) electrons. The molecular weight excluding hydrogens is 459 g/mol. The highest BCUT2D eigenvalue weighted by Crippen LogP contribution is 2.28.